The molecule has 0 spiro atoms. The Hall–Kier alpha value is -2.63. The van der Waals surface area contributed by atoms with Gasteiger partial charge in [-0.2, -0.15) is 0 Å². The maximum atomic E-state index is 12.9. The molecule has 0 aliphatic carbocycles. The summed E-state index contributed by atoms with van der Waals surface area (Å²) in [5.74, 6) is 2.11. The molecule has 1 aromatic carbocycles. The van der Waals surface area contributed by atoms with Crippen LogP contribution in [-0.4, -0.2) is 60.0 Å². The summed E-state index contributed by atoms with van der Waals surface area (Å²) in [4.78, 5) is 28.5. The molecule has 160 valence electrons. The van der Waals surface area contributed by atoms with E-state index in [1.165, 1.54) is 24.8 Å². The number of carbonyl (C=O) groups is 1. The number of hydrogen-bond acceptors (Lipinski definition) is 5. The van der Waals surface area contributed by atoms with Gasteiger partial charge in [0.1, 0.15) is 18.0 Å². The van der Waals surface area contributed by atoms with Gasteiger partial charge in [-0.1, -0.05) is 32.9 Å². The van der Waals surface area contributed by atoms with Crippen molar-refractivity contribution in [2.24, 2.45) is 0 Å². The Bertz CT molecular complexity index is 860. The number of piperidine rings is 1. The molecule has 2 aromatic rings. The van der Waals surface area contributed by atoms with Gasteiger partial charge in [0.05, 0.1) is 0 Å². The molecule has 0 bridgehead atoms. The van der Waals surface area contributed by atoms with Gasteiger partial charge in [-0.25, -0.2) is 9.97 Å². The average Bonchev–Trinajstić information content (AvgIpc) is 2.79. The standard InChI is InChI=1S/C24H33N5O/c1-24(2,3)20-9-7-19(8-10-20)23(30)29-15-13-28(14-16-29)22-17-21(25-18-26-22)27-11-5-4-6-12-27/h7-10,17-18H,4-6,11-16H2,1-3H3. The Kier molecular flexibility index (Phi) is 5.93. The molecule has 2 aliphatic heterocycles. The first-order chi connectivity index (χ1) is 14.4. The third kappa shape index (κ3) is 4.58. The molecule has 1 aromatic heterocycles. The van der Waals surface area contributed by atoms with Crippen LogP contribution in [0.5, 0.6) is 0 Å². The van der Waals surface area contributed by atoms with Crippen molar-refractivity contribution >= 4 is 17.5 Å². The van der Waals surface area contributed by atoms with Crippen LogP contribution in [0, 0.1) is 0 Å². The molecule has 3 heterocycles. The van der Waals surface area contributed by atoms with E-state index in [0.717, 1.165) is 43.4 Å². The Labute approximate surface area is 179 Å². The summed E-state index contributed by atoms with van der Waals surface area (Å²) < 4.78 is 0. The zero-order valence-electron chi connectivity index (χ0n) is 18.5. The molecule has 30 heavy (non-hydrogen) atoms. The highest BCUT2D eigenvalue weighted by molar-refractivity contribution is 5.94. The van der Waals surface area contributed by atoms with Crippen molar-refractivity contribution in [3.63, 3.8) is 0 Å². The molecule has 0 radical (unpaired) electrons. The second-order valence-electron chi connectivity index (χ2n) is 9.39. The van der Waals surface area contributed by atoms with E-state index in [-0.39, 0.29) is 11.3 Å². The van der Waals surface area contributed by atoms with Gasteiger partial charge in [-0.15, -0.1) is 0 Å². The fraction of sp³-hybridized carbons (Fsp3) is 0.542. The van der Waals surface area contributed by atoms with Crippen LogP contribution in [0.15, 0.2) is 36.7 Å². The normalized spacial score (nSPS) is 17.9. The molecule has 2 fully saturated rings. The SMILES string of the molecule is CC(C)(C)c1ccc(C(=O)N2CCN(c3cc(N4CCCCC4)ncn3)CC2)cc1. The second-order valence-corrected chi connectivity index (χ2v) is 9.39. The number of amides is 1. The van der Waals surface area contributed by atoms with Gasteiger partial charge >= 0.3 is 0 Å². The van der Waals surface area contributed by atoms with Gasteiger partial charge in [-0.3, -0.25) is 4.79 Å². The Morgan fingerprint density at radius 2 is 1.37 bits per heavy atom. The first kappa shape index (κ1) is 20.6. The van der Waals surface area contributed by atoms with E-state index >= 15 is 0 Å². The van der Waals surface area contributed by atoms with Crippen LogP contribution < -0.4 is 9.80 Å². The average molecular weight is 408 g/mol. The lowest BCUT2D eigenvalue weighted by molar-refractivity contribution is 0.0746. The topological polar surface area (TPSA) is 52.6 Å². The van der Waals surface area contributed by atoms with Crippen molar-refractivity contribution in [1.29, 1.82) is 0 Å². The number of aromatic nitrogens is 2. The first-order valence-corrected chi connectivity index (χ1v) is 11.1. The van der Waals surface area contributed by atoms with Crippen molar-refractivity contribution in [2.45, 2.75) is 45.4 Å². The quantitative estimate of drug-likeness (QED) is 0.776. The molecule has 2 aliphatic rings. The molecule has 0 saturated carbocycles. The molecule has 4 rings (SSSR count). The highest BCUT2D eigenvalue weighted by atomic mass is 16.2. The third-order valence-electron chi connectivity index (χ3n) is 6.21. The minimum Gasteiger partial charge on any atom is -0.356 e. The van der Waals surface area contributed by atoms with E-state index in [2.05, 4.69) is 58.7 Å². The van der Waals surface area contributed by atoms with E-state index in [4.69, 9.17) is 0 Å². The Morgan fingerprint density at radius 1 is 0.800 bits per heavy atom. The van der Waals surface area contributed by atoms with Gasteiger partial charge in [0.25, 0.3) is 5.91 Å². The van der Waals surface area contributed by atoms with Crippen LogP contribution in [0.25, 0.3) is 0 Å². The van der Waals surface area contributed by atoms with E-state index in [9.17, 15) is 4.79 Å². The predicted molar refractivity (Wildman–Crippen MR) is 121 cm³/mol. The number of anilines is 2. The molecule has 2 saturated heterocycles. The number of rotatable bonds is 3. The molecule has 0 atom stereocenters. The highest BCUT2D eigenvalue weighted by Gasteiger charge is 2.24. The number of hydrogen-bond donors (Lipinski definition) is 0. The van der Waals surface area contributed by atoms with Gasteiger partial charge in [0, 0.05) is 50.9 Å². The predicted octanol–water partition coefficient (Wildman–Crippen LogP) is 3.73. The minimum absolute atomic E-state index is 0.0950. The molecule has 0 unspecified atom stereocenters. The molecule has 0 N–H and O–H groups in total. The minimum atomic E-state index is 0.0950. The third-order valence-corrected chi connectivity index (χ3v) is 6.21. The Balaban J connectivity index is 1.37. The van der Waals surface area contributed by atoms with Gasteiger partial charge in [-0.05, 0) is 42.4 Å². The maximum Gasteiger partial charge on any atom is 0.253 e. The second kappa shape index (κ2) is 8.62. The number of piperazine rings is 1. The lowest BCUT2D eigenvalue weighted by atomic mass is 9.86. The fourth-order valence-electron chi connectivity index (χ4n) is 4.24. The number of nitrogens with zero attached hydrogens (tertiary/aromatic N) is 5. The van der Waals surface area contributed by atoms with Crippen LogP contribution in [0.3, 0.4) is 0 Å². The van der Waals surface area contributed by atoms with E-state index in [0.29, 0.717) is 13.1 Å². The van der Waals surface area contributed by atoms with Crippen LogP contribution in [-0.2, 0) is 5.41 Å². The van der Waals surface area contributed by atoms with Crippen LogP contribution in [0.1, 0.15) is 56.0 Å². The van der Waals surface area contributed by atoms with Crippen molar-refractivity contribution in [1.82, 2.24) is 14.9 Å². The smallest absolute Gasteiger partial charge is 0.253 e. The van der Waals surface area contributed by atoms with E-state index in [1.54, 1.807) is 6.33 Å². The monoisotopic (exact) mass is 407 g/mol. The summed E-state index contributed by atoms with van der Waals surface area (Å²) in [5, 5.41) is 0. The molecule has 6 heteroatoms. The van der Waals surface area contributed by atoms with Crippen LogP contribution in [0.2, 0.25) is 0 Å². The molecular weight excluding hydrogens is 374 g/mol. The summed E-state index contributed by atoms with van der Waals surface area (Å²) in [6.07, 6.45) is 5.45. The number of carbonyl (C=O) groups excluding carboxylic acids is 1. The zero-order valence-corrected chi connectivity index (χ0v) is 18.5. The zero-order chi connectivity index (χ0) is 21.1. The van der Waals surface area contributed by atoms with Crippen molar-refractivity contribution < 1.29 is 4.79 Å². The molecule has 6 nitrogen and oxygen atoms in total. The summed E-state index contributed by atoms with van der Waals surface area (Å²) in [6.45, 7) is 11.7. The fourth-order valence-corrected chi connectivity index (χ4v) is 4.24. The van der Waals surface area contributed by atoms with Gasteiger partial charge in [0.2, 0.25) is 0 Å². The summed E-state index contributed by atoms with van der Waals surface area (Å²) in [6, 6.07) is 10.2. The lowest BCUT2D eigenvalue weighted by Gasteiger charge is -2.36. The van der Waals surface area contributed by atoms with Gasteiger partial charge in [0.15, 0.2) is 0 Å². The largest absolute Gasteiger partial charge is 0.356 e. The van der Waals surface area contributed by atoms with Crippen molar-refractivity contribution in [3.8, 4) is 0 Å². The van der Waals surface area contributed by atoms with Crippen LogP contribution in [0.4, 0.5) is 11.6 Å². The van der Waals surface area contributed by atoms with Gasteiger partial charge < -0.3 is 14.7 Å². The van der Waals surface area contributed by atoms with E-state index < -0.39 is 0 Å². The first-order valence-electron chi connectivity index (χ1n) is 11.1. The number of benzene rings is 1. The Morgan fingerprint density at radius 3 is 1.93 bits per heavy atom. The van der Waals surface area contributed by atoms with E-state index in [1.807, 2.05) is 17.0 Å². The van der Waals surface area contributed by atoms with Crippen molar-refractivity contribution in [2.75, 3.05) is 49.1 Å². The molecular formula is C24H33N5O. The summed E-state index contributed by atoms with van der Waals surface area (Å²) >= 11 is 0. The highest BCUT2D eigenvalue weighted by Crippen LogP contribution is 2.24. The summed E-state index contributed by atoms with van der Waals surface area (Å²) in [5.41, 5.74) is 2.11. The lowest BCUT2D eigenvalue weighted by Crippen LogP contribution is -2.49. The van der Waals surface area contributed by atoms with Crippen molar-refractivity contribution in [3.05, 3.63) is 47.8 Å². The van der Waals surface area contributed by atoms with Crippen LogP contribution >= 0.6 is 0 Å². The molecule has 1 amide bonds. The maximum absolute atomic E-state index is 12.9. The summed E-state index contributed by atoms with van der Waals surface area (Å²) in [7, 11) is 0.